The van der Waals surface area contributed by atoms with Crippen molar-refractivity contribution in [2.24, 2.45) is 0 Å². The molecule has 0 bridgehead atoms. The van der Waals surface area contributed by atoms with Crippen molar-refractivity contribution in [1.82, 2.24) is 14.7 Å². The fraction of sp³-hybridized carbons (Fsp3) is 0.304. The lowest BCUT2D eigenvalue weighted by atomic mass is 10.2. The molecule has 1 aliphatic carbocycles. The monoisotopic (exact) mass is 425 g/mol. The van der Waals surface area contributed by atoms with Crippen molar-refractivity contribution in [1.29, 1.82) is 0 Å². The Balaban J connectivity index is 1.76. The number of ether oxygens (including phenoxy) is 2. The van der Waals surface area contributed by atoms with Gasteiger partial charge in [-0.2, -0.15) is 5.10 Å². The number of methoxy groups -OCH3 is 1. The smallest absolute Gasteiger partial charge is 0.249 e. The second kappa shape index (κ2) is 8.90. The number of para-hydroxylation sites is 1. The Morgan fingerprint density at radius 3 is 2.63 bits per heavy atom. The molecule has 156 valence electrons. The third-order valence-corrected chi connectivity index (χ3v) is 5.29. The molecular formula is C23H24ClN3O3. The summed E-state index contributed by atoms with van der Waals surface area (Å²) >= 11 is 6.22. The molecule has 1 heterocycles. The van der Waals surface area contributed by atoms with Crippen molar-refractivity contribution in [2.75, 3.05) is 13.7 Å². The summed E-state index contributed by atoms with van der Waals surface area (Å²) in [6.45, 7) is 2.41. The van der Waals surface area contributed by atoms with Gasteiger partial charge in [-0.05, 0) is 50.1 Å². The molecule has 1 aromatic heterocycles. The van der Waals surface area contributed by atoms with E-state index >= 15 is 0 Å². The molecule has 1 saturated carbocycles. The van der Waals surface area contributed by atoms with Crippen LogP contribution in [0.4, 0.5) is 0 Å². The first-order valence-electron chi connectivity index (χ1n) is 9.92. The zero-order valence-corrected chi connectivity index (χ0v) is 17.8. The van der Waals surface area contributed by atoms with Gasteiger partial charge in [-0.1, -0.05) is 35.9 Å². The van der Waals surface area contributed by atoms with E-state index < -0.39 is 0 Å². The van der Waals surface area contributed by atoms with Crippen LogP contribution in [0.1, 0.15) is 24.1 Å². The lowest BCUT2D eigenvalue weighted by Crippen LogP contribution is -2.35. The summed E-state index contributed by atoms with van der Waals surface area (Å²) in [4.78, 5) is 14.5. The van der Waals surface area contributed by atoms with E-state index in [0.717, 1.165) is 29.8 Å². The van der Waals surface area contributed by atoms with Gasteiger partial charge in [-0.25, -0.2) is 4.68 Å². The van der Waals surface area contributed by atoms with Crippen LogP contribution in [-0.2, 0) is 16.1 Å². The van der Waals surface area contributed by atoms with Gasteiger partial charge in [-0.15, -0.1) is 0 Å². The third kappa shape index (κ3) is 4.50. The van der Waals surface area contributed by atoms with E-state index in [4.69, 9.17) is 26.2 Å². The Labute approximate surface area is 181 Å². The number of aromatic nitrogens is 2. The number of hydrogen-bond donors (Lipinski definition) is 0. The maximum atomic E-state index is 12.6. The van der Waals surface area contributed by atoms with E-state index in [-0.39, 0.29) is 18.6 Å². The molecule has 0 atom stereocenters. The summed E-state index contributed by atoms with van der Waals surface area (Å²) < 4.78 is 13.1. The molecule has 1 amide bonds. The first-order valence-corrected chi connectivity index (χ1v) is 10.3. The first kappa shape index (κ1) is 20.4. The molecule has 0 unspecified atom stereocenters. The Morgan fingerprint density at radius 1 is 1.20 bits per heavy atom. The molecule has 0 spiro atoms. The minimum Gasteiger partial charge on any atom is -0.439 e. The molecule has 0 saturated heterocycles. The van der Waals surface area contributed by atoms with Gasteiger partial charge >= 0.3 is 0 Å². The molecule has 0 aliphatic heterocycles. The number of hydrogen-bond acceptors (Lipinski definition) is 4. The van der Waals surface area contributed by atoms with Crippen LogP contribution in [0.25, 0.3) is 5.69 Å². The van der Waals surface area contributed by atoms with E-state index in [2.05, 4.69) is 0 Å². The highest BCUT2D eigenvalue weighted by Gasteiger charge is 2.34. The van der Waals surface area contributed by atoms with Crippen LogP contribution in [-0.4, -0.2) is 40.3 Å². The highest BCUT2D eigenvalue weighted by Crippen LogP contribution is 2.35. The minimum absolute atomic E-state index is 0.0273. The number of nitrogens with zero attached hydrogens (tertiary/aromatic N) is 3. The minimum atomic E-state index is -0.0273. The van der Waals surface area contributed by atoms with Crippen molar-refractivity contribution in [2.45, 2.75) is 32.4 Å². The van der Waals surface area contributed by atoms with E-state index in [0.29, 0.717) is 23.2 Å². The average molecular weight is 426 g/mol. The molecule has 2 aromatic carbocycles. The summed E-state index contributed by atoms with van der Waals surface area (Å²) in [6.07, 6.45) is 2.01. The maximum Gasteiger partial charge on any atom is 0.249 e. The molecule has 7 heteroatoms. The summed E-state index contributed by atoms with van der Waals surface area (Å²) in [7, 11) is 1.54. The quantitative estimate of drug-likeness (QED) is 0.522. The molecule has 30 heavy (non-hydrogen) atoms. The molecule has 3 aromatic rings. The van der Waals surface area contributed by atoms with Crippen molar-refractivity contribution < 1.29 is 14.3 Å². The van der Waals surface area contributed by atoms with Gasteiger partial charge in [0.1, 0.15) is 12.4 Å². The highest BCUT2D eigenvalue weighted by atomic mass is 35.5. The fourth-order valence-corrected chi connectivity index (χ4v) is 3.58. The zero-order valence-electron chi connectivity index (χ0n) is 17.0. The summed E-state index contributed by atoms with van der Waals surface area (Å²) in [6, 6.07) is 17.3. The van der Waals surface area contributed by atoms with Crippen LogP contribution >= 0.6 is 11.6 Å². The number of benzene rings is 2. The first-order chi connectivity index (χ1) is 14.6. The number of halogens is 1. The standard InChI is InChI=1S/C23H24ClN3O3/c1-16-21(14-26(18-11-12-18)22(28)15-29-2)23(30-20-9-4-3-5-10-20)27(25-16)19-8-6-7-17(24)13-19/h3-10,13,18H,11-12,14-15H2,1-2H3. The van der Waals surface area contributed by atoms with Gasteiger partial charge in [0, 0.05) is 18.2 Å². The van der Waals surface area contributed by atoms with Gasteiger partial charge in [0.2, 0.25) is 11.8 Å². The Kier molecular flexibility index (Phi) is 6.06. The van der Waals surface area contributed by atoms with Crippen molar-refractivity contribution >= 4 is 17.5 Å². The molecule has 0 N–H and O–H groups in total. The molecule has 4 rings (SSSR count). The van der Waals surface area contributed by atoms with Gasteiger partial charge in [-0.3, -0.25) is 4.79 Å². The van der Waals surface area contributed by atoms with Gasteiger partial charge in [0.25, 0.3) is 0 Å². The largest absolute Gasteiger partial charge is 0.439 e. The van der Waals surface area contributed by atoms with Crippen LogP contribution in [0, 0.1) is 6.92 Å². The summed E-state index contributed by atoms with van der Waals surface area (Å²) in [5.41, 5.74) is 2.47. The van der Waals surface area contributed by atoms with Crippen molar-refractivity contribution in [3.05, 3.63) is 70.9 Å². The van der Waals surface area contributed by atoms with E-state index in [9.17, 15) is 4.79 Å². The Hall–Kier alpha value is -2.83. The molecular weight excluding hydrogens is 402 g/mol. The van der Waals surface area contributed by atoms with Crippen LogP contribution in [0.15, 0.2) is 54.6 Å². The lowest BCUT2D eigenvalue weighted by Gasteiger charge is -2.22. The number of rotatable bonds is 8. The topological polar surface area (TPSA) is 56.6 Å². The third-order valence-electron chi connectivity index (χ3n) is 5.05. The van der Waals surface area contributed by atoms with Gasteiger partial charge in [0.05, 0.1) is 23.5 Å². The Bertz CT molecular complexity index is 1030. The predicted octanol–water partition coefficient (Wildman–Crippen LogP) is 4.76. The lowest BCUT2D eigenvalue weighted by molar-refractivity contribution is -0.136. The van der Waals surface area contributed by atoms with Crippen LogP contribution in [0.2, 0.25) is 5.02 Å². The van der Waals surface area contributed by atoms with Crippen molar-refractivity contribution in [3.63, 3.8) is 0 Å². The second-order valence-electron chi connectivity index (χ2n) is 7.36. The second-order valence-corrected chi connectivity index (χ2v) is 7.80. The SMILES string of the molecule is COCC(=O)N(Cc1c(C)nn(-c2cccc(Cl)c2)c1Oc1ccccc1)C1CC1. The van der Waals surface area contributed by atoms with Crippen LogP contribution in [0.3, 0.4) is 0 Å². The zero-order chi connectivity index (χ0) is 21.1. The number of carbonyl (C=O) groups is 1. The molecule has 1 aliphatic rings. The van der Waals surface area contributed by atoms with Crippen LogP contribution < -0.4 is 4.74 Å². The van der Waals surface area contributed by atoms with E-state index in [1.165, 1.54) is 7.11 Å². The number of carbonyl (C=O) groups excluding carboxylic acids is 1. The number of amides is 1. The molecule has 1 fully saturated rings. The summed E-state index contributed by atoms with van der Waals surface area (Å²) in [5.74, 6) is 1.25. The average Bonchev–Trinajstić information content (AvgIpc) is 3.53. The molecule has 0 radical (unpaired) electrons. The van der Waals surface area contributed by atoms with E-state index in [1.807, 2.05) is 66.4 Å². The van der Waals surface area contributed by atoms with Crippen molar-refractivity contribution in [3.8, 4) is 17.3 Å². The van der Waals surface area contributed by atoms with Crippen LogP contribution in [0.5, 0.6) is 11.6 Å². The maximum absolute atomic E-state index is 12.6. The highest BCUT2D eigenvalue weighted by molar-refractivity contribution is 6.30. The van der Waals surface area contributed by atoms with Gasteiger partial charge < -0.3 is 14.4 Å². The fourth-order valence-electron chi connectivity index (χ4n) is 3.39. The molecule has 6 nitrogen and oxygen atoms in total. The normalized spacial score (nSPS) is 13.3. The Morgan fingerprint density at radius 2 is 1.97 bits per heavy atom. The predicted molar refractivity (Wildman–Crippen MR) is 115 cm³/mol. The van der Waals surface area contributed by atoms with E-state index in [1.54, 1.807) is 4.68 Å². The van der Waals surface area contributed by atoms with Gasteiger partial charge in [0.15, 0.2) is 0 Å². The number of aryl methyl sites for hydroxylation is 1. The summed E-state index contributed by atoms with van der Waals surface area (Å²) in [5, 5.41) is 5.33.